The molecule has 0 saturated carbocycles. The van der Waals surface area contributed by atoms with Gasteiger partial charge in [-0.3, -0.25) is 10.2 Å². The summed E-state index contributed by atoms with van der Waals surface area (Å²) in [6.07, 6.45) is 1.58. The first-order chi connectivity index (χ1) is 5.11. The molecule has 3 heteroatoms. The molecule has 0 heterocycles. The van der Waals surface area contributed by atoms with Gasteiger partial charge in [0.15, 0.2) is 0 Å². The van der Waals surface area contributed by atoms with E-state index in [9.17, 15) is 4.79 Å². The number of hydrazine groups is 1. The van der Waals surface area contributed by atoms with Crippen LogP contribution in [0.4, 0.5) is 0 Å². The predicted molar refractivity (Wildman–Crippen MR) is 45.6 cm³/mol. The molecule has 1 amide bonds. The maximum Gasteiger partial charge on any atom is 0.234 e. The van der Waals surface area contributed by atoms with E-state index in [-0.39, 0.29) is 5.91 Å². The van der Waals surface area contributed by atoms with Gasteiger partial charge in [0.25, 0.3) is 0 Å². The lowest BCUT2D eigenvalue weighted by Gasteiger charge is -2.17. The Balaban J connectivity index is 3.78. The van der Waals surface area contributed by atoms with E-state index in [0.29, 0.717) is 18.3 Å². The fourth-order valence-corrected chi connectivity index (χ4v) is 1.15. The number of carbonyl (C=O) groups excluding carboxylic acids is 1. The molecule has 66 valence electrons. The van der Waals surface area contributed by atoms with Gasteiger partial charge in [-0.05, 0) is 11.8 Å². The Morgan fingerprint density at radius 3 is 2.36 bits per heavy atom. The number of nitrogens with one attached hydrogen (secondary N) is 1. The van der Waals surface area contributed by atoms with Crippen molar-refractivity contribution in [3.63, 3.8) is 0 Å². The van der Waals surface area contributed by atoms with Crippen molar-refractivity contribution in [3.05, 3.63) is 0 Å². The zero-order chi connectivity index (χ0) is 8.85. The first-order valence-corrected chi connectivity index (χ1v) is 4.11. The summed E-state index contributed by atoms with van der Waals surface area (Å²) in [5, 5.41) is 0. The lowest BCUT2D eigenvalue weighted by molar-refractivity contribution is -0.122. The molecular weight excluding hydrogens is 140 g/mol. The normalized spacial score (nSPS) is 13.2. The van der Waals surface area contributed by atoms with Gasteiger partial charge in [-0.2, -0.15) is 0 Å². The van der Waals surface area contributed by atoms with Crippen LogP contribution in [0.5, 0.6) is 0 Å². The van der Waals surface area contributed by atoms with E-state index in [1.54, 1.807) is 0 Å². The van der Waals surface area contributed by atoms with Crippen molar-refractivity contribution in [2.45, 2.75) is 33.6 Å². The summed E-state index contributed by atoms with van der Waals surface area (Å²) in [6, 6.07) is 0. The van der Waals surface area contributed by atoms with Gasteiger partial charge in [0, 0.05) is 6.42 Å². The molecule has 0 aliphatic carbocycles. The van der Waals surface area contributed by atoms with Gasteiger partial charge in [0.05, 0.1) is 0 Å². The fraction of sp³-hybridized carbons (Fsp3) is 0.875. The molecule has 0 bridgehead atoms. The standard InChI is InChI=1S/C8H18N2O/c1-4-7(6(2)3)5-8(11)10-9/h6-7H,4-5,9H2,1-3H3,(H,10,11). The second-order valence-corrected chi connectivity index (χ2v) is 3.18. The highest BCUT2D eigenvalue weighted by Crippen LogP contribution is 2.18. The van der Waals surface area contributed by atoms with Crippen LogP contribution in [0.25, 0.3) is 0 Å². The van der Waals surface area contributed by atoms with Crippen molar-refractivity contribution < 1.29 is 4.79 Å². The van der Waals surface area contributed by atoms with Crippen LogP contribution < -0.4 is 11.3 Å². The van der Waals surface area contributed by atoms with Crippen LogP contribution in [0, 0.1) is 11.8 Å². The van der Waals surface area contributed by atoms with Gasteiger partial charge in [0.2, 0.25) is 5.91 Å². The predicted octanol–water partition coefficient (Wildman–Crippen LogP) is 1.05. The van der Waals surface area contributed by atoms with Gasteiger partial charge >= 0.3 is 0 Å². The summed E-state index contributed by atoms with van der Waals surface area (Å²) >= 11 is 0. The molecule has 0 radical (unpaired) electrons. The number of nitrogens with two attached hydrogens (primary N) is 1. The summed E-state index contributed by atoms with van der Waals surface area (Å²) in [5.41, 5.74) is 2.15. The molecule has 0 aliphatic heterocycles. The van der Waals surface area contributed by atoms with E-state index >= 15 is 0 Å². The van der Waals surface area contributed by atoms with Crippen molar-refractivity contribution in [2.24, 2.45) is 17.7 Å². The maximum atomic E-state index is 10.8. The van der Waals surface area contributed by atoms with Crippen LogP contribution in [0.2, 0.25) is 0 Å². The SMILES string of the molecule is CCC(CC(=O)NN)C(C)C. The molecule has 1 atom stereocenters. The van der Waals surface area contributed by atoms with E-state index < -0.39 is 0 Å². The van der Waals surface area contributed by atoms with Crippen LogP contribution in [-0.2, 0) is 4.79 Å². The van der Waals surface area contributed by atoms with E-state index in [0.717, 1.165) is 6.42 Å². The van der Waals surface area contributed by atoms with Crippen LogP contribution >= 0.6 is 0 Å². The molecule has 11 heavy (non-hydrogen) atoms. The lowest BCUT2D eigenvalue weighted by Crippen LogP contribution is -2.32. The van der Waals surface area contributed by atoms with Crippen molar-refractivity contribution >= 4 is 5.91 Å². The Kier molecular flexibility index (Phi) is 4.86. The lowest BCUT2D eigenvalue weighted by atomic mass is 9.90. The molecule has 0 saturated heterocycles. The number of carbonyl (C=O) groups is 1. The molecule has 0 spiro atoms. The van der Waals surface area contributed by atoms with E-state index in [1.807, 2.05) is 0 Å². The average molecular weight is 158 g/mol. The molecular formula is C8H18N2O. The maximum absolute atomic E-state index is 10.8. The number of hydrogen-bond donors (Lipinski definition) is 2. The van der Waals surface area contributed by atoms with E-state index in [2.05, 4.69) is 26.2 Å². The van der Waals surface area contributed by atoms with Crippen molar-refractivity contribution in [1.29, 1.82) is 0 Å². The van der Waals surface area contributed by atoms with Crippen molar-refractivity contribution in [2.75, 3.05) is 0 Å². The summed E-state index contributed by atoms with van der Waals surface area (Å²) in [4.78, 5) is 10.8. The Hall–Kier alpha value is -0.570. The van der Waals surface area contributed by atoms with Crippen LogP contribution in [-0.4, -0.2) is 5.91 Å². The smallest absolute Gasteiger partial charge is 0.234 e. The third-order valence-corrected chi connectivity index (χ3v) is 2.08. The Labute approximate surface area is 68.3 Å². The second-order valence-electron chi connectivity index (χ2n) is 3.18. The monoisotopic (exact) mass is 158 g/mol. The van der Waals surface area contributed by atoms with E-state index in [4.69, 9.17) is 5.84 Å². The van der Waals surface area contributed by atoms with Crippen molar-refractivity contribution in [3.8, 4) is 0 Å². The third kappa shape index (κ3) is 3.98. The van der Waals surface area contributed by atoms with Gasteiger partial charge < -0.3 is 0 Å². The highest BCUT2D eigenvalue weighted by Gasteiger charge is 2.14. The number of hydrogen-bond acceptors (Lipinski definition) is 2. The van der Waals surface area contributed by atoms with Crippen LogP contribution in [0.3, 0.4) is 0 Å². The number of amides is 1. The minimum Gasteiger partial charge on any atom is -0.294 e. The minimum absolute atomic E-state index is 0.0643. The zero-order valence-corrected chi connectivity index (χ0v) is 7.55. The molecule has 0 rings (SSSR count). The molecule has 1 unspecified atom stereocenters. The van der Waals surface area contributed by atoms with Crippen molar-refractivity contribution in [1.82, 2.24) is 5.43 Å². The highest BCUT2D eigenvalue weighted by molar-refractivity contribution is 5.75. The second kappa shape index (κ2) is 5.13. The first kappa shape index (κ1) is 10.4. The highest BCUT2D eigenvalue weighted by atomic mass is 16.2. The fourth-order valence-electron chi connectivity index (χ4n) is 1.15. The van der Waals surface area contributed by atoms with Gasteiger partial charge in [-0.25, -0.2) is 5.84 Å². The summed E-state index contributed by atoms with van der Waals surface area (Å²) in [7, 11) is 0. The molecule has 0 aliphatic rings. The quantitative estimate of drug-likeness (QED) is 0.365. The number of rotatable bonds is 4. The molecule has 0 fully saturated rings. The molecule has 3 N–H and O–H groups in total. The average Bonchev–Trinajstić information content (AvgIpc) is 1.99. The Bertz CT molecular complexity index is 123. The molecule has 0 aromatic carbocycles. The largest absolute Gasteiger partial charge is 0.294 e. The topological polar surface area (TPSA) is 55.1 Å². The first-order valence-electron chi connectivity index (χ1n) is 4.11. The Morgan fingerprint density at radius 2 is 2.09 bits per heavy atom. The summed E-state index contributed by atoms with van der Waals surface area (Å²) in [6.45, 7) is 6.34. The summed E-state index contributed by atoms with van der Waals surface area (Å²) < 4.78 is 0. The minimum atomic E-state index is -0.0643. The molecule has 0 aromatic heterocycles. The van der Waals surface area contributed by atoms with Gasteiger partial charge in [-0.15, -0.1) is 0 Å². The summed E-state index contributed by atoms with van der Waals surface area (Å²) in [5.74, 6) is 5.92. The van der Waals surface area contributed by atoms with Crippen LogP contribution in [0.15, 0.2) is 0 Å². The molecule has 3 nitrogen and oxygen atoms in total. The van der Waals surface area contributed by atoms with Gasteiger partial charge in [0.1, 0.15) is 0 Å². The van der Waals surface area contributed by atoms with Crippen LogP contribution in [0.1, 0.15) is 33.6 Å². The van der Waals surface area contributed by atoms with Gasteiger partial charge in [-0.1, -0.05) is 27.2 Å². The zero-order valence-electron chi connectivity index (χ0n) is 7.55. The Morgan fingerprint density at radius 1 is 1.55 bits per heavy atom. The van der Waals surface area contributed by atoms with E-state index in [1.165, 1.54) is 0 Å². The molecule has 0 aromatic rings. The third-order valence-electron chi connectivity index (χ3n) is 2.08.